The van der Waals surface area contributed by atoms with E-state index in [-0.39, 0.29) is 18.5 Å². The standard InChI is InChI=1S/C15H27N3O3/c1-15(2,3)21-14(20)17-7-6-11(9-17)10-18(12-4-5-12)13(19)8-16/h11-12H,4-10,16H2,1-3H3/t11-/m1/s1. The number of nitrogens with two attached hydrogens (primary N) is 1. The molecule has 1 aliphatic heterocycles. The second kappa shape index (κ2) is 6.22. The molecule has 1 atom stereocenters. The third-order valence-electron chi connectivity index (χ3n) is 3.88. The van der Waals surface area contributed by atoms with E-state index < -0.39 is 5.60 Å². The van der Waals surface area contributed by atoms with Crippen LogP contribution in [0.15, 0.2) is 0 Å². The zero-order chi connectivity index (χ0) is 15.6. The summed E-state index contributed by atoms with van der Waals surface area (Å²) in [5, 5.41) is 0. The molecule has 1 saturated heterocycles. The van der Waals surface area contributed by atoms with Crippen LogP contribution in [0, 0.1) is 5.92 Å². The summed E-state index contributed by atoms with van der Waals surface area (Å²) < 4.78 is 5.39. The van der Waals surface area contributed by atoms with Crippen LogP contribution in [-0.2, 0) is 9.53 Å². The van der Waals surface area contributed by atoms with Crippen molar-refractivity contribution in [1.82, 2.24) is 9.80 Å². The first-order valence-corrected chi connectivity index (χ1v) is 7.77. The van der Waals surface area contributed by atoms with Crippen LogP contribution < -0.4 is 5.73 Å². The summed E-state index contributed by atoms with van der Waals surface area (Å²) in [4.78, 5) is 27.6. The molecule has 6 nitrogen and oxygen atoms in total. The van der Waals surface area contributed by atoms with E-state index in [9.17, 15) is 9.59 Å². The van der Waals surface area contributed by atoms with Gasteiger partial charge in [0.25, 0.3) is 0 Å². The van der Waals surface area contributed by atoms with E-state index in [1.54, 1.807) is 4.90 Å². The fourth-order valence-electron chi connectivity index (χ4n) is 2.71. The zero-order valence-corrected chi connectivity index (χ0v) is 13.3. The van der Waals surface area contributed by atoms with Crippen molar-refractivity contribution < 1.29 is 14.3 Å². The van der Waals surface area contributed by atoms with Gasteiger partial charge in [0.2, 0.25) is 5.91 Å². The van der Waals surface area contributed by atoms with Gasteiger partial charge in [0.05, 0.1) is 6.54 Å². The van der Waals surface area contributed by atoms with Gasteiger partial charge in [-0.2, -0.15) is 0 Å². The van der Waals surface area contributed by atoms with Crippen LogP contribution in [0.1, 0.15) is 40.0 Å². The average Bonchev–Trinajstić information content (AvgIpc) is 3.11. The van der Waals surface area contributed by atoms with Crippen LogP contribution in [0.4, 0.5) is 4.79 Å². The molecule has 2 aliphatic rings. The molecule has 0 aromatic rings. The Morgan fingerprint density at radius 1 is 1.29 bits per heavy atom. The second-order valence-corrected chi connectivity index (χ2v) is 7.06. The van der Waals surface area contributed by atoms with Gasteiger partial charge in [-0.25, -0.2) is 4.79 Å². The lowest BCUT2D eigenvalue weighted by Crippen LogP contribution is -2.42. The number of hydrogen-bond donors (Lipinski definition) is 1. The normalized spacial score (nSPS) is 22.3. The van der Waals surface area contributed by atoms with Crippen LogP contribution in [0.25, 0.3) is 0 Å². The number of amides is 2. The third-order valence-corrected chi connectivity index (χ3v) is 3.88. The van der Waals surface area contributed by atoms with Crippen molar-refractivity contribution in [2.45, 2.75) is 51.7 Å². The number of rotatable bonds is 4. The molecule has 1 aliphatic carbocycles. The maximum atomic E-state index is 12.0. The van der Waals surface area contributed by atoms with E-state index >= 15 is 0 Å². The van der Waals surface area contributed by atoms with E-state index in [1.165, 1.54) is 0 Å². The minimum Gasteiger partial charge on any atom is -0.444 e. The van der Waals surface area contributed by atoms with Crippen LogP contribution in [0.2, 0.25) is 0 Å². The molecule has 21 heavy (non-hydrogen) atoms. The van der Waals surface area contributed by atoms with Gasteiger partial charge in [-0.15, -0.1) is 0 Å². The monoisotopic (exact) mass is 297 g/mol. The molecular formula is C15H27N3O3. The molecule has 0 aromatic carbocycles. The van der Waals surface area contributed by atoms with Crippen molar-refractivity contribution in [3.63, 3.8) is 0 Å². The van der Waals surface area contributed by atoms with Crippen molar-refractivity contribution in [3.05, 3.63) is 0 Å². The van der Waals surface area contributed by atoms with Crippen LogP contribution in [0.3, 0.4) is 0 Å². The molecule has 1 saturated carbocycles. The number of carbonyl (C=O) groups is 2. The number of likely N-dealkylation sites (tertiary alicyclic amines) is 1. The van der Waals surface area contributed by atoms with Gasteiger partial charge in [0, 0.05) is 25.7 Å². The number of carbonyl (C=O) groups excluding carboxylic acids is 2. The first-order chi connectivity index (χ1) is 9.80. The minimum absolute atomic E-state index is 0.0215. The Hall–Kier alpha value is -1.30. The van der Waals surface area contributed by atoms with E-state index in [1.807, 2.05) is 25.7 Å². The van der Waals surface area contributed by atoms with Crippen molar-refractivity contribution in [1.29, 1.82) is 0 Å². The molecule has 2 rings (SSSR count). The predicted octanol–water partition coefficient (Wildman–Crippen LogP) is 1.19. The Kier molecular flexibility index (Phi) is 4.76. The summed E-state index contributed by atoms with van der Waals surface area (Å²) in [7, 11) is 0. The molecule has 2 fully saturated rings. The van der Waals surface area contributed by atoms with Crippen molar-refractivity contribution in [2.24, 2.45) is 11.7 Å². The maximum Gasteiger partial charge on any atom is 0.410 e. The Balaban J connectivity index is 1.84. The largest absolute Gasteiger partial charge is 0.444 e. The summed E-state index contributed by atoms with van der Waals surface area (Å²) >= 11 is 0. The first kappa shape index (κ1) is 16.1. The van der Waals surface area contributed by atoms with Gasteiger partial charge in [0.15, 0.2) is 0 Å². The van der Waals surface area contributed by atoms with Crippen molar-refractivity contribution >= 4 is 12.0 Å². The van der Waals surface area contributed by atoms with E-state index in [4.69, 9.17) is 10.5 Å². The zero-order valence-electron chi connectivity index (χ0n) is 13.3. The summed E-state index contributed by atoms with van der Waals surface area (Å²) in [6.45, 7) is 7.75. The second-order valence-electron chi connectivity index (χ2n) is 7.06. The molecule has 0 unspecified atom stereocenters. The topological polar surface area (TPSA) is 75.9 Å². The summed E-state index contributed by atoms with van der Waals surface area (Å²) in [6, 6.07) is 0.372. The molecule has 2 N–H and O–H groups in total. The van der Waals surface area contributed by atoms with Gasteiger partial charge < -0.3 is 20.3 Å². The van der Waals surface area contributed by atoms with Crippen LogP contribution in [-0.4, -0.2) is 59.6 Å². The number of nitrogens with zero attached hydrogens (tertiary/aromatic N) is 2. The summed E-state index contributed by atoms with van der Waals surface area (Å²) in [5.74, 6) is 0.349. The Bertz CT molecular complexity index is 401. The van der Waals surface area contributed by atoms with Crippen molar-refractivity contribution in [2.75, 3.05) is 26.2 Å². The van der Waals surface area contributed by atoms with Gasteiger partial charge in [-0.05, 0) is 46.0 Å². The third kappa shape index (κ3) is 4.59. The van der Waals surface area contributed by atoms with Crippen molar-refractivity contribution in [3.8, 4) is 0 Å². The predicted molar refractivity (Wildman–Crippen MR) is 79.7 cm³/mol. The highest BCUT2D eigenvalue weighted by Gasteiger charge is 2.36. The molecule has 0 aromatic heterocycles. The number of hydrogen-bond acceptors (Lipinski definition) is 4. The van der Waals surface area contributed by atoms with E-state index in [2.05, 4.69) is 0 Å². The molecule has 2 amide bonds. The van der Waals surface area contributed by atoms with Gasteiger partial charge in [0.1, 0.15) is 5.60 Å². The SMILES string of the molecule is CC(C)(C)OC(=O)N1CC[C@@H](CN(C(=O)CN)C2CC2)C1. The quantitative estimate of drug-likeness (QED) is 0.846. The average molecular weight is 297 g/mol. The maximum absolute atomic E-state index is 12.0. The Morgan fingerprint density at radius 2 is 1.95 bits per heavy atom. The highest BCUT2D eigenvalue weighted by atomic mass is 16.6. The van der Waals surface area contributed by atoms with Gasteiger partial charge >= 0.3 is 6.09 Å². The molecule has 0 spiro atoms. The first-order valence-electron chi connectivity index (χ1n) is 7.77. The van der Waals surface area contributed by atoms with E-state index in [0.29, 0.717) is 31.6 Å². The highest BCUT2D eigenvalue weighted by Crippen LogP contribution is 2.29. The fraction of sp³-hybridized carbons (Fsp3) is 0.867. The molecule has 120 valence electrons. The Labute approximate surface area is 126 Å². The molecule has 0 radical (unpaired) electrons. The highest BCUT2D eigenvalue weighted by molar-refractivity contribution is 5.78. The lowest BCUT2D eigenvalue weighted by molar-refractivity contribution is -0.130. The van der Waals surface area contributed by atoms with Crippen LogP contribution in [0.5, 0.6) is 0 Å². The molecule has 0 bridgehead atoms. The van der Waals surface area contributed by atoms with Gasteiger partial charge in [-0.3, -0.25) is 4.79 Å². The summed E-state index contributed by atoms with van der Waals surface area (Å²) in [5.41, 5.74) is 5.01. The Morgan fingerprint density at radius 3 is 2.48 bits per heavy atom. The summed E-state index contributed by atoms with van der Waals surface area (Å²) in [6.07, 6.45) is 2.82. The molecular weight excluding hydrogens is 270 g/mol. The fourth-order valence-corrected chi connectivity index (χ4v) is 2.71. The molecule has 1 heterocycles. The number of ether oxygens (including phenoxy) is 1. The van der Waals surface area contributed by atoms with Gasteiger partial charge in [-0.1, -0.05) is 0 Å². The van der Waals surface area contributed by atoms with Crippen LogP contribution >= 0.6 is 0 Å². The molecule has 6 heteroatoms. The smallest absolute Gasteiger partial charge is 0.410 e. The minimum atomic E-state index is -0.468. The van der Waals surface area contributed by atoms with E-state index in [0.717, 1.165) is 19.3 Å². The lowest BCUT2D eigenvalue weighted by atomic mass is 10.1. The lowest BCUT2D eigenvalue weighted by Gasteiger charge is -2.26.